The van der Waals surface area contributed by atoms with Gasteiger partial charge >= 0.3 is 0 Å². The molecule has 1 aliphatic carbocycles. The van der Waals surface area contributed by atoms with Crippen molar-refractivity contribution in [1.29, 1.82) is 0 Å². The third-order valence-corrected chi connectivity index (χ3v) is 2.26. The van der Waals surface area contributed by atoms with Crippen molar-refractivity contribution in [2.45, 2.75) is 5.92 Å². The van der Waals surface area contributed by atoms with E-state index in [9.17, 15) is 10.1 Å². The summed E-state index contributed by atoms with van der Waals surface area (Å²) in [4.78, 5) is 10.4. The van der Waals surface area contributed by atoms with Gasteiger partial charge in [-0.2, -0.15) is 0 Å². The molecule has 2 rings (SSSR count). The smallest absolute Gasteiger partial charge is 0.257 e. The van der Waals surface area contributed by atoms with Gasteiger partial charge in [0.1, 0.15) is 0 Å². The highest BCUT2D eigenvalue weighted by atomic mass is 16.6. The summed E-state index contributed by atoms with van der Waals surface area (Å²) in [5.41, 5.74) is 1.21. The van der Waals surface area contributed by atoms with Gasteiger partial charge in [-0.05, 0) is 5.56 Å². The van der Waals surface area contributed by atoms with Crippen LogP contribution in [-0.2, 0) is 0 Å². The fraction of sp³-hybridized carbons (Fsp3) is 0.0909. The summed E-state index contributed by atoms with van der Waals surface area (Å²) >= 11 is 0. The predicted molar refractivity (Wildman–Crippen MR) is 53.4 cm³/mol. The third-order valence-electron chi connectivity index (χ3n) is 2.26. The predicted octanol–water partition coefficient (Wildman–Crippen LogP) is 2.50. The molecule has 3 nitrogen and oxygen atoms in total. The fourth-order valence-electron chi connectivity index (χ4n) is 1.58. The Hall–Kier alpha value is -1.90. The van der Waals surface area contributed by atoms with Gasteiger partial charge in [-0.3, -0.25) is 10.1 Å². The molecule has 0 bridgehead atoms. The van der Waals surface area contributed by atoms with Crippen molar-refractivity contribution in [2.24, 2.45) is 0 Å². The second-order valence-corrected chi connectivity index (χ2v) is 3.12. The van der Waals surface area contributed by atoms with Gasteiger partial charge in [-0.15, -0.1) is 0 Å². The van der Waals surface area contributed by atoms with Crippen LogP contribution in [0.3, 0.4) is 0 Å². The molecule has 3 heteroatoms. The maximum absolute atomic E-state index is 10.7. The zero-order valence-electron chi connectivity index (χ0n) is 7.46. The Bertz CT molecular complexity index is 407. The monoisotopic (exact) mass is 187 g/mol. The Labute approximate surface area is 81.5 Å². The number of allylic oxidation sites excluding steroid dienone is 3. The van der Waals surface area contributed by atoms with Crippen LogP contribution in [0.4, 0.5) is 0 Å². The summed E-state index contributed by atoms with van der Waals surface area (Å²) in [6.07, 6.45) is 5.13. The van der Waals surface area contributed by atoms with Crippen molar-refractivity contribution in [3.8, 4) is 0 Å². The number of hydrogen-bond donors (Lipinski definition) is 0. The van der Waals surface area contributed by atoms with E-state index >= 15 is 0 Å². The van der Waals surface area contributed by atoms with Crippen molar-refractivity contribution >= 4 is 0 Å². The SMILES string of the molecule is O=[N+]([O-])C1=CC=CC1c1ccccc1. The largest absolute Gasteiger partial charge is 0.259 e. The van der Waals surface area contributed by atoms with Crippen LogP contribution >= 0.6 is 0 Å². The molecule has 0 radical (unpaired) electrons. The Kier molecular flexibility index (Phi) is 2.14. The maximum atomic E-state index is 10.7. The first-order valence-corrected chi connectivity index (χ1v) is 4.37. The van der Waals surface area contributed by atoms with Crippen LogP contribution in [0.1, 0.15) is 11.5 Å². The first kappa shape index (κ1) is 8.69. The van der Waals surface area contributed by atoms with E-state index in [1.165, 1.54) is 0 Å². The molecular formula is C11H9NO2. The molecule has 0 saturated heterocycles. The molecule has 1 aliphatic rings. The van der Waals surface area contributed by atoms with Crippen LogP contribution in [0, 0.1) is 10.1 Å². The van der Waals surface area contributed by atoms with Crippen LogP contribution in [0.15, 0.2) is 54.3 Å². The van der Waals surface area contributed by atoms with Gasteiger partial charge in [-0.25, -0.2) is 0 Å². The minimum absolute atomic E-state index is 0.189. The van der Waals surface area contributed by atoms with Gasteiger partial charge in [0.15, 0.2) is 0 Å². The van der Waals surface area contributed by atoms with Crippen molar-refractivity contribution in [3.63, 3.8) is 0 Å². The Morgan fingerprint density at radius 3 is 2.57 bits per heavy atom. The summed E-state index contributed by atoms with van der Waals surface area (Å²) in [6.45, 7) is 0. The van der Waals surface area contributed by atoms with E-state index in [2.05, 4.69) is 0 Å². The molecule has 0 fully saturated rings. The van der Waals surface area contributed by atoms with E-state index in [1.807, 2.05) is 36.4 Å². The van der Waals surface area contributed by atoms with Gasteiger partial charge < -0.3 is 0 Å². The van der Waals surface area contributed by atoms with E-state index in [4.69, 9.17) is 0 Å². The highest BCUT2D eigenvalue weighted by Gasteiger charge is 2.26. The van der Waals surface area contributed by atoms with Crippen LogP contribution in [-0.4, -0.2) is 4.92 Å². The molecule has 0 aliphatic heterocycles. The minimum atomic E-state index is -0.322. The number of rotatable bonds is 2. The van der Waals surface area contributed by atoms with Crippen molar-refractivity contribution in [2.75, 3.05) is 0 Å². The third kappa shape index (κ3) is 1.44. The quantitative estimate of drug-likeness (QED) is 0.527. The highest BCUT2D eigenvalue weighted by molar-refractivity contribution is 5.37. The second kappa shape index (κ2) is 3.46. The summed E-state index contributed by atoms with van der Waals surface area (Å²) in [7, 11) is 0. The zero-order chi connectivity index (χ0) is 9.97. The van der Waals surface area contributed by atoms with E-state index in [0.29, 0.717) is 0 Å². The molecule has 0 aromatic heterocycles. The van der Waals surface area contributed by atoms with E-state index in [1.54, 1.807) is 12.2 Å². The van der Waals surface area contributed by atoms with Crippen LogP contribution < -0.4 is 0 Å². The van der Waals surface area contributed by atoms with Gasteiger partial charge in [0, 0.05) is 6.08 Å². The molecule has 1 unspecified atom stereocenters. The molecule has 0 spiro atoms. The molecule has 1 aromatic carbocycles. The molecule has 14 heavy (non-hydrogen) atoms. The number of hydrogen-bond acceptors (Lipinski definition) is 2. The molecule has 70 valence electrons. The average Bonchev–Trinajstić information content (AvgIpc) is 2.67. The molecule has 0 heterocycles. The van der Waals surface area contributed by atoms with Crippen LogP contribution in [0.5, 0.6) is 0 Å². The molecule has 0 amide bonds. The lowest BCUT2D eigenvalue weighted by atomic mass is 9.99. The fourth-order valence-corrected chi connectivity index (χ4v) is 1.58. The maximum Gasteiger partial charge on any atom is 0.257 e. The topological polar surface area (TPSA) is 43.1 Å². The Morgan fingerprint density at radius 1 is 1.21 bits per heavy atom. The Morgan fingerprint density at radius 2 is 1.93 bits per heavy atom. The van der Waals surface area contributed by atoms with Crippen molar-refractivity contribution in [3.05, 3.63) is 69.9 Å². The highest BCUT2D eigenvalue weighted by Crippen LogP contribution is 2.29. The van der Waals surface area contributed by atoms with Gasteiger partial charge in [0.2, 0.25) is 0 Å². The lowest BCUT2D eigenvalue weighted by molar-refractivity contribution is -0.428. The lowest BCUT2D eigenvalue weighted by Gasteiger charge is -2.06. The van der Waals surface area contributed by atoms with Crippen LogP contribution in [0.2, 0.25) is 0 Å². The summed E-state index contributed by atoms with van der Waals surface area (Å²) in [6, 6.07) is 9.48. The molecule has 0 saturated carbocycles. The number of nitrogens with zero attached hydrogens (tertiary/aromatic N) is 1. The summed E-state index contributed by atoms with van der Waals surface area (Å²) < 4.78 is 0. The Balaban J connectivity index is 2.33. The molecule has 1 aromatic rings. The first-order chi connectivity index (χ1) is 6.79. The van der Waals surface area contributed by atoms with Crippen LogP contribution in [0.25, 0.3) is 0 Å². The van der Waals surface area contributed by atoms with Gasteiger partial charge in [-0.1, -0.05) is 42.5 Å². The number of nitro groups is 1. The zero-order valence-corrected chi connectivity index (χ0v) is 7.46. The van der Waals surface area contributed by atoms with E-state index in [0.717, 1.165) is 5.56 Å². The van der Waals surface area contributed by atoms with Gasteiger partial charge in [0.25, 0.3) is 5.70 Å². The minimum Gasteiger partial charge on any atom is -0.259 e. The number of benzene rings is 1. The van der Waals surface area contributed by atoms with E-state index in [-0.39, 0.29) is 16.5 Å². The van der Waals surface area contributed by atoms with Crippen molar-refractivity contribution < 1.29 is 4.92 Å². The lowest BCUT2D eigenvalue weighted by Crippen LogP contribution is -2.05. The normalized spacial score (nSPS) is 19.4. The molecule has 0 N–H and O–H groups in total. The standard InChI is InChI=1S/C11H9NO2/c13-12(14)11-8-4-7-10(11)9-5-2-1-3-6-9/h1-8,10H. The van der Waals surface area contributed by atoms with E-state index < -0.39 is 0 Å². The van der Waals surface area contributed by atoms with Gasteiger partial charge in [0.05, 0.1) is 10.8 Å². The molecular weight excluding hydrogens is 178 g/mol. The summed E-state index contributed by atoms with van der Waals surface area (Å²) in [5, 5.41) is 10.7. The van der Waals surface area contributed by atoms with Crippen molar-refractivity contribution in [1.82, 2.24) is 0 Å². The average molecular weight is 187 g/mol. The first-order valence-electron chi connectivity index (χ1n) is 4.37. The summed E-state index contributed by atoms with van der Waals surface area (Å²) in [5.74, 6) is -0.189. The molecule has 1 atom stereocenters. The second-order valence-electron chi connectivity index (χ2n) is 3.12.